The monoisotopic (exact) mass is 646 g/mol. The number of amides is 3. The summed E-state index contributed by atoms with van der Waals surface area (Å²) in [7, 11) is 1.42. The van der Waals surface area contributed by atoms with Crippen molar-refractivity contribution in [2.45, 2.75) is 26.8 Å². The van der Waals surface area contributed by atoms with Crippen molar-refractivity contribution in [3.8, 4) is 17.2 Å². The van der Waals surface area contributed by atoms with Crippen LogP contribution in [0.3, 0.4) is 0 Å². The Labute approximate surface area is 250 Å². The highest BCUT2D eigenvalue weighted by molar-refractivity contribution is 9.10. The maximum Gasteiger partial charge on any atom is 0.344 e. The molecule has 0 saturated carbocycles. The van der Waals surface area contributed by atoms with Gasteiger partial charge in [-0.05, 0) is 56.7 Å². The van der Waals surface area contributed by atoms with Crippen LogP contribution in [0.25, 0.3) is 0 Å². The number of ether oxygens (including phenoxy) is 5. The van der Waals surface area contributed by atoms with Crippen LogP contribution in [0.15, 0.2) is 57.2 Å². The summed E-state index contributed by atoms with van der Waals surface area (Å²) in [6.07, 6.45) is 1.36. The molecule has 0 radical (unpaired) electrons. The quantitative estimate of drug-likeness (QED) is 0.169. The highest BCUT2D eigenvalue weighted by Gasteiger charge is 2.32. The molecule has 1 heterocycles. The molecular formula is C28H31BrN4O9. The van der Waals surface area contributed by atoms with Crippen molar-refractivity contribution in [2.75, 3.05) is 33.5 Å². The van der Waals surface area contributed by atoms with Gasteiger partial charge in [0.1, 0.15) is 5.75 Å². The Morgan fingerprint density at radius 3 is 2.43 bits per heavy atom. The van der Waals surface area contributed by atoms with Gasteiger partial charge in [-0.2, -0.15) is 5.10 Å². The van der Waals surface area contributed by atoms with Crippen LogP contribution in [-0.4, -0.2) is 63.6 Å². The van der Waals surface area contributed by atoms with E-state index >= 15 is 0 Å². The summed E-state index contributed by atoms with van der Waals surface area (Å²) >= 11 is 3.36. The lowest BCUT2D eigenvalue weighted by atomic mass is 9.95. The predicted molar refractivity (Wildman–Crippen MR) is 154 cm³/mol. The molecule has 0 aromatic heterocycles. The van der Waals surface area contributed by atoms with Crippen molar-refractivity contribution in [1.82, 2.24) is 16.1 Å². The van der Waals surface area contributed by atoms with Crippen LogP contribution in [0.2, 0.25) is 0 Å². The largest absolute Gasteiger partial charge is 0.493 e. The Balaban J connectivity index is 1.65. The number of hydrazone groups is 1. The fourth-order valence-electron chi connectivity index (χ4n) is 3.85. The van der Waals surface area contributed by atoms with Crippen LogP contribution in [-0.2, 0) is 23.9 Å². The van der Waals surface area contributed by atoms with E-state index in [4.69, 9.17) is 23.7 Å². The Morgan fingerprint density at radius 2 is 1.71 bits per heavy atom. The molecule has 2 aromatic carbocycles. The number of methoxy groups -OCH3 is 1. The molecule has 1 aliphatic heterocycles. The van der Waals surface area contributed by atoms with E-state index in [1.165, 1.54) is 13.3 Å². The second-order valence-electron chi connectivity index (χ2n) is 8.56. The van der Waals surface area contributed by atoms with Gasteiger partial charge >= 0.3 is 18.0 Å². The number of nitrogens with one attached hydrogen (secondary N) is 3. The Bertz CT molecular complexity index is 1390. The molecule has 13 nitrogen and oxygen atoms in total. The van der Waals surface area contributed by atoms with Crippen LogP contribution in [0.1, 0.15) is 37.9 Å². The molecule has 3 amide bonds. The van der Waals surface area contributed by atoms with E-state index in [0.717, 1.165) is 4.47 Å². The molecule has 0 bridgehead atoms. The van der Waals surface area contributed by atoms with Crippen LogP contribution in [0.4, 0.5) is 4.79 Å². The van der Waals surface area contributed by atoms with Gasteiger partial charge < -0.3 is 34.3 Å². The van der Waals surface area contributed by atoms with E-state index in [2.05, 4.69) is 37.1 Å². The summed E-state index contributed by atoms with van der Waals surface area (Å²) in [6, 6.07) is 8.62. The standard InChI is InChI=1S/C28H31BrN4O9/c1-5-39-24(35)15-42-20-10-8-19(29)11-18(20)13-30-33-23(34)14-41-21-9-7-17(12-22(21)38-4)26-25(27(36)40-6-2)16(3)31-28(37)32-26/h7-13,26H,5-6,14-15H2,1-4H3,(H,33,34)(H2,31,32,37)/b30-13+/t26-/m0/s1. The highest BCUT2D eigenvalue weighted by atomic mass is 79.9. The summed E-state index contributed by atoms with van der Waals surface area (Å²) in [4.78, 5) is 48.7. The first-order valence-electron chi connectivity index (χ1n) is 12.8. The molecule has 3 N–H and O–H groups in total. The lowest BCUT2D eigenvalue weighted by Gasteiger charge is -2.28. The number of carbonyl (C=O) groups is 4. The van der Waals surface area contributed by atoms with Crippen molar-refractivity contribution in [1.29, 1.82) is 0 Å². The molecule has 2 aromatic rings. The summed E-state index contributed by atoms with van der Waals surface area (Å²) in [5.41, 5.74) is 4.04. The number of carbonyl (C=O) groups excluding carboxylic acids is 4. The number of hydrogen-bond donors (Lipinski definition) is 3. The number of halogens is 1. The minimum absolute atomic E-state index is 0.172. The Kier molecular flexibility index (Phi) is 11.7. The predicted octanol–water partition coefficient (Wildman–Crippen LogP) is 3.12. The molecule has 1 aliphatic rings. The molecule has 0 spiro atoms. The Hall–Kier alpha value is -4.59. The van der Waals surface area contributed by atoms with Crippen molar-refractivity contribution in [3.63, 3.8) is 0 Å². The van der Waals surface area contributed by atoms with Crippen LogP contribution in [0.5, 0.6) is 17.2 Å². The second kappa shape index (κ2) is 15.4. The van der Waals surface area contributed by atoms with Crippen LogP contribution >= 0.6 is 15.9 Å². The smallest absolute Gasteiger partial charge is 0.344 e. The van der Waals surface area contributed by atoms with Gasteiger partial charge in [-0.3, -0.25) is 4.79 Å². The average molecular weight is 647 g/mol. The van der Waals surface area contributed by atoms with Gasteiger partial charge in [0, 0.05) is 15.7 Å². The van der Waals surface area contributed by atoms with Crippen LogP contribution in [0, 0.1) is 0 Å². The van der Waals surface area contributed by atoms with Gasteiger partial charge in [0.15, 0.2) is 24.7 Å². The summed E-state index contributed by atoms with van der Waals surface area (Å²) in [5, 5.41) is 9.24. The van der Waals surface area contributed by atoms with Gasteiger partial charge in [0.25, 0.3) is 5.91 Å². The maximum absolute atomic E-state index is 12.6. The molecule has 0 fully saturated rings. The topological polar surface area (TPSA) is 163 Å². The SMILES string of the molecule is CCOC(=O)COc1ccc(Br)cc1/C=N/NC(=O)COc1ccc([C@@H]2NC(=O)NC(C)=C2C(=O)OCC)cc1OC. The molecular weight excluding hydrogens is 616 g/mol. The average Bonchev–Trinajstić information content (AvgIpc) is 2.95. The highest BCUT2D eigenvalue weighted by Crippen LogP contribution is 2.34. The summed E-state index contributed by atoms with van der Waals surface area (Å²) in [6.45, 7) is 4.74. The molecule has 0 unspecified atom stereocenters. The van der Waals surface area contributed by atoms with Crippen molar-refractivity contribution in [2.24, 2.45) is 5.10 Å². The number of urea groups is 1. The summed E-state index contributed by atoms with van der Waals surface area (Å²) in [5.74, 6) is -0.745. The molecule has 0 aliphatic carbocycles. The van der Waals surface area contributed by atoms with Gasteiger partial charge in [-0.25, -0.2) is 19.8 Å². The van der Waals surface area contributed by atoms with Gasteiger partial charge in [0.2, 0.25) is 0 Å². The number of hydrogen-bond acceptors (Lipinski definition) is 10. The third-order valence-electron chi connectivity index (χ3n) is 5.66. The first-order chi connectivity index (χ1) is 20.2. The zero-order valence-corrected chi connectivity index (χ0v) is 25.0. The molecule has 42 heavy (non-hydrogen) atoms. The minimum Gasteiger partial charge on any atom is -0.493 e. The minimum atomic E-state index is -0.789. The van der Waals surface area contributed by atoms with E-state index < -0.39 is 36.5 Å². The van der Waals surface area contributed by atoms with E-state index in [1.807, 2.05) is 0 Å². The molecule has 0 saturated heterocycles. The van der Waals surface area contributed by atoms with Crippen molar-refractivity contribution in [3.05, 3.63) is 63.3 Å². The lowest BCUT2D eigenvalue weighted by molar-refractivity contribution is -0.145. The van der Waals surface area contributed by atoms with E-state index in [-0.39, 0.29) is 36.9 Å². The third kappa shape index (κ3) is 8.70. The zero-order chi connectivity index (χ0) is 30.6. The fourth-order valence-corrected chi connectivity index (χ4v) is 4.23. The number of allylic oxidation sites excluding steroid dienone is 1. The normalized spacial score (nSPS) is 14.5. The number of esters is 2. The third-order valence-corrected chi connectivity index (χ3v) is 6.15. The van der Waals surface area contributed by atoms with Gasteiger partial charge in [-0.1, -0.05) is 22.0 Å². The molecule has 14 heteroatoms. The maximum atomic E-state index is 12.6. The zero-order valence-electron chi connectivity index (χ0n) is 23.4. The van der Waals surface area contributed by atoms with Gasteiger partial charge in [-0.15, -0.1) is 0 Å². The summed E-state index contributed by atoms with van der Waals surface area (Å²) < 4.78 is 27.3. The van der Waals surface area contributed by atoms with E-state index in [1.54, 1.807) is 57.2 Å². The van der Waals surface area contributed by atoms with Crippen LogP contribution < -0.4 is 30.3 Å². The van der Waals surface area contributed by atoms with Crippen molar-refractivity contribution < 1.29 is 42.9 Å². The number of nitrogens with zero attached hydrogens (tertiary/aromatic N) is 1. The van der Waals surface area contributed by atoms with Gasteiger partial charge in [0.05, 0.1) is 38.2 Å². The Morgan fingerprint density at radius 1 is 1.00 bits per heavy atom. The molecule has 1 atom stereocenters. The molecule has 3 rings (SSSR count). The second-order valence-corrected chi connectivity index (χ2v) is 9.47. The lowest BCUT2D eigenvalue weighted by Crippen LogP contribution is -2.45. The number of benzene rings is 2. The first-order valence-corrected chi connectivity index (χ1v) is 13.6. The fraction of sp³-hybridized carbons (Fsp3) is 0.321. The van der Waals surface area contributed by atoms with E-state index in [9.17, 15) is 19.2 Å². The molecule has 224 valence electrons. The van der Waals surface area contributed by atoms with Crippen molar-refractivity contribution >= 4 is 46.0 Å². The number of rotatable bonds is 13. The first kappa shape index (κ1) is 31.9. The van der Waals surface area contributed by atoms with E-state index in [0.29, 0.717) is 22.6 Å².